The number of hydrogen-bond acceptors (Lipinski definition) is 4. The van der Waals surface area contributed by atoms with Crippen LogP contribution in [-0.4, -0.2) is 17.6 Å². The molecule has 2 aromatic heterocycles. The van der Waals surface area contributed by atoms with Crippen molar-refractivity contribution in [3.8, 4) is 11.3 Å². The molecule has 3 nitrogen and oxygen atoms in total. The molecule has 2 heterocycles. The predicted octanol–water partition coefficient (Wildman–Crippen LogP) is 4.22. The van der Waals surface area contributed by atoms with Crippen LogP contribution in [0.15, 0.2) is 24.3 Å². The minimum Gasteiger partial charge on any atom is -0.441 e. The van der Waals surface area contributed by atoms with Crippen LogP contribution in [0.5, 0.6) is 0 Å². The third kappa shape index (κ3) is 3.04. The van der Waals surface area contributed by atoms with Crippen molar-refractivity contribution < 1.29 is 4.42 Å². The lowest BCUT2D eigenvalue weighted by Gasteiger charge is -1.98. The van der Waals surface area contributed by atoms with Gasteiger partial charge in [-0.1, -0.05) is 0 Å². The van der Waals surface area contributed by atoms with Gasteiger partial charge in [-0.3, -0.25) is 0 Å². The van der Waals surface area contributed by atoms with Gasteiger partial charge in [-0.25, -0.2) is 4.98 Å². The summed E-state index contributed by atoms with van der Waals surface area (Å²) in [4.78, 5) is 4.32. The molecule has 0 amide bonds. The molecule has 18 heavy (non-hydrogen) atoms. The highest BCUT2D eigenvalue weighted by Gasteiger charge is 2.20. The van der Waals surface area contributed by atoms with Gasteiger partial charge in [-0.2, -0.15) is 0 Å². The molecule has 96 valence electrons. The topological polar surface area (TPSA) is 38.1 Å². The average Bonchev–Trinajstić information content (AvgIpc) is 2.92. The van der Waals surface area contributed by atoms with Crippen molar-refractivity contribution in [1.82, 2.24) is 10.3 Å². The lowest BCUT2D eigenvalue weighted by atomic mass is 10.3. The molecule has 1 N–H and O–H groups in total. The summed E-state index contributed by atoms with van der Waals surface area (Å²) in [7, 11) is 0. The molecule has 1 fully saturated rings. The van der Waals surface area contributed by atoms with Gasteiger partial charge < -0.3 is 9.73 Å². The second-order valence-electron chi connectivity index (χ2n) is 4.33. The van der Waals surface area contributed by atoms with Crippen LogP contribution >= 0.6 is 43.2 Å². The molecule has 3 rings (SSSR count). The van der Waals surface area contributed by atoms with Crippen LogP contribution in [0.25, 0.3) is 11.3 Å². The van der Waals surface area contributed by atoms with E-state index in [9.17, 15) is 0 Å². The zero-order valence-corrected chi connectivity index (χ0v) is 13.6. The minimum atomic E-state index is 0.737. The largest absolute Gasteiger partial charge is 0.441 e. The van der Waals surface area contributed by atoms with E-state index in [1.165, 1.54) is 12.8 Å². The van der Waals surface area contributed by atoms with Gasteiger partial charge in [-0.05, 0) is 50.8 Å². The Kier molecular flexibility index (Phi) is 3.89. The van der Waals surface area contributed by atoms with E-state index in [4.69, 9.17) is 4.42 Å². The SMILES string of the molecule is Brc1cc(-c2cnc(CCNC3CC3)o2)c(Br)s1. The minimum absolute atomic E-state index is 0.737. The number of hydrogen-bond donors (Lipinski definition) is 1. The van der Waals surface area contributed by atoms with E-state index in [0.29, 0.717) is 0 Å². The highest BCUT2D eigenvalue weighted by molar-refractivity contribution is 9.12. The lowest BCUT2D eigenvalue weighted by Crippen LogP contribution is -2.19. The Labute approximate surface area is 126 Å². The van der Waals surface area contributed by atoms with Crippen molar-refractivity contribution in [2.75, 3.05) is 6.54 Å². The summed E-state index contributed by atoms with van der Waals surface area (Å²) in [6.07, 6.45) is 5.27. The van der Waals surface area contributed by atoms with Crippen molar-refractivity contribution in [2.45, 2.75) is 25.3 Å². The molecular formula is C12H12Br2N2OS. The number of aromatic nitrogens is 1. The summed E-state index contributed by atoms with van der Waals surface area (Å²) < 4.78 is 7.92. The van der Waals surface area contributed by atoms with Gasteiger partial charge in [0.1, 0.15) is 0 Å². The average molecular weight is 392 g/mol. The fourth-order valence-electron chi connectivity index (χ4n) is 1.73. The second kappa shape index (κ2) is 5.45. The molecule has 0 atom stereocenters. The van der Waals surface area contributed by atoms with Crippen LogP contribution in [-0.2, 0) is 6.42 Å². The third-order valence-electron chi connectivity index (χ3n) is 2.82. The van der Waals surface area contributed by atoms with Crippen LogP contribution < -0.4 is 5.32 Å². The summed E-state index contributed by atoms with van der Waals surface area (Å²) in [5.41, 5.74) is 1.06. The number of oxazole rings is 1. The predicted molar refractivity (Wildman–Crippen MR) is 79.9 cm³/mol. The number of nitrogens with zero attached hydrogens (tertiary/aromatic N) is 1. The monoisotopic (exact) mass is 390 g/mol. The standard InChI is InChI=1S/C12H12Br2N2OS/c13-10-5-8(12(14)18-10)9-6-16-11(17-9)3-4-15-7-1-2-7/h5-7,15H,1-4H2. The van der Waals surface area contributed by atoms with E-state index in [-0.39, 0.29) is 0 Å². The Morgan fingerprint density at radius 1 is 1.44 bits per heavy atom. The zero-order valence-electron chi connectivity index (χ0n) is 9.58. The Morgan fingerprint density at radius 2 is 2.28 bits per heavy atom. The number of rotatable bonds is 5. The third-order valence-corrected chi connectivity index (χ3v) is 5.16. The van der Waals surface area contributed by atoms with Gasteiger partial charge in [-0.15, -0.1) is 11.3 Å². The van der Waals surface area contributed by atoms with E-state index in [0.717, 1.165) is 43.8 Å². The summed E-state index contributed by atoms with van der Waals surface area (Å²) in [6, 6.07) is 2.78. The molecule has 1 saturated carbocycles. The highest BCUT2D eigenvalue weighted by Crippen LogP contribution is 2.38. The van der Waals surface area contributed by atoms with Gasteiger partial charge in [0.15, 0.2) is 11.7 Å². The molecule has 0 aliphatic heterocycles. The molecule has 0 unspecified atom stereocenters. The van der Waals surface area contributed by atoms with Gasteiger partial charge >= 0.3 is 0 Å². The van der Waals surface area contributed by atoms with Gasteiger partial charge in [0, 0.05) is 24.6 Å². The molecule has 0 aromatic carbocycles. The summed E-state index contributed by atoms with van der Waals surface area (Å²) in [5, 5.41) is 3.45. The normalized spacial score (nSPS) is 15.2. The first kappa shape index (κ1) is 12.8. The van der Waals surface area contributed by atoms with Crippen molar-refractivity contribution in [3.05, 3.63) is 25.7 Å². The van der Waals surface area contributed by atoms with Crippen molar-refractivity contribution >= 4 is 43.2 Å². The Hall–Kier alpha value is -0.170. The first-order chi connectivity index (χ1) is 8.72. The Balaban J connectivity index is 1.66. The Morgan fingerprint density at radius 3 is 2.94 bits per heavy atom. The second-order valence-corrected chi connectivity index (χ2v) is 8.08. The first-order valence-electron chi connectivity index (χ1n) is 5.85. The highest BCUT2D eigenvalue weighted by atomic mass is 79.9. The zero-order chi connectivity index (χ0) is 12.5. The molecular weight excluding hydrogens is 380 g/mol. The van der Waals surface area contributed by atoms with E-state index in [2.05, 4.69) is 42.2 Å². The molecule has 0 radical (unpaired) electrons. The smallest absolute Gasteiger partial charge is 0.196 e. The van der Waals surface area contributed by atoms with Crippen LogP contribution in [0.2, 0.25) is 0 Å². The molecule has 0 spiro atoms. The van der Waals surface area contributed by atoms with Crippen LogP contribution in [0.3, 0.4) is 0 Å². The summed E-state index contributed by atoms with van der Waals surface area (Å²) >= 11 is 8.64. The van der Waals surface area contributed by atoms with Crippen molar-refractivity contribution in [2.24, 2.45) is 0 Å². The van der Waals surface area contributed by atoms with Gasteiger partial charge in [0.2, 0.25) is 0 Å². The fourth-order valence-corrected chi connectivity index (χ4v) is 4.55. The van der Waals surface area contributed by atoms with E-state index in [1.54, 1.807) is 17.5 Å². The number of nitrogens with one attached hydrogen (secondary N) is 1. The summed E-state index contributed by atoms with van der Waals surface area (Å²) in [5.74, 6) is 1.62. The van der Waals surface area contributed by atoms with Gasteiger partial charge in [0.05, 0.1) is 13.8 Å². The number of thiophene rings is 1. The molecule has 0 bridgehead atoms. The van der Waals surface area contributed by atoms with Crippen molar-refractivity contribution in [1.29, 1.82) is 0 Å². The van der Waals surface area contributed by atoms with E-state index in [1.807, 2.05) is 6.07 Å². The molecule has 6 heteroatoms. The molecule has 0 saturated heterocycles. The van der Waals surface area contributed by atoms with Crippen LogP contribution in [0.4, 0.5) is 0 Å². The summed E-state index contributed by atoms with van der Waals surface area (Å²) in [6.45, 7) is 0.944. The Bertz CT molecular complexity index is 548. The fraction of sp³-hybridized carbons (Fsp3) is 0.417. The maximum atomic E-state index is 5.77. The quantitative estimate of drug-likeness (QED) is 0.828. The number of halogens is 2. The lowest BCUT2D eigenvalue weighted by molar-refractivity contribution is 0.494. The van der Waals surface area contributed by atoms with E-state index >= 15 is 0 Å². The molecule has 1 aliphatic carbocycles. The molecule has 2 aromatic rings. The van der Waals surface area contributed by atoms with Crippen LogP contribution in [0.1, 0.15) is 18.7 Å². The molecule has 1 aliphatic rings. The van der Waals surface area contributed by atoms with Crippen LogP contribution in [0, 0.1) is 0 Å². The van der Waals surface area contributed by atoms with Gasteiger partial charge in [0.25, 0.3) is 0 Å². The van der Waals surface area contributed by atoms with Crippen molar-refractivity contribution in [3.63, 3.8) is 0 Å². The maximum Gasteiger partial charge on any atom is 0.196 e. The first-order valence-corrected chi connectivity index (χ1v) is 8.26. The van der Waals surface area contributed by atoms with E-state index < -0.39 is 0 Å². The maximum absolute atomic E-state index is 5.77.